The van der Waals surface area contributed by atoms with Crippen LogP contribution in [0.4, 0.5) is 14.5 Å². The largest absolute Gasteiger partial charge is 0.586 e. The fourth-order valence-corrected chi connectivity index (χ4v) is 2.02. The number of hydrogen-bond donors (Lipinski definition) is 1. The second-order valence-corrected chi connectivity index (χ2v) is 4.51. The summed E-state index contributed by atoms with van der Waals surface area (Å²) in [6.45, 7) is 0.885. The van der Waals surface area contributed by atoms with Crippen molar-refractivity contribution in [2.75, 3.05) is 11.9 Å². The van der Waals surface area contributed by atoms with E-state index in [2.05, 4.69) is 14.8 Å². The Morgan fingerprint density at radius 3 is 2.71 bits per heavy atom. The van der Waals surface area contributed by atoms with Gasteiger partial charge in [0.05, 0.1) is 0 Å². The number of benzene rings is 1. The van der Waals surface area contributed by atoms with Crippen molar-refractivity contribution in [3.05, 3.63) is 18.2 Å². The van der Waals surface area contributed by atoms with Gasteiger partial charge in [-0.05, 0) is 30.9 Å². The molecule has 1 saturated carbocycles. The molecule has 3 rings (SSSR count). The van der Waals surface area contributed by atoms with E-state index >= 15 is 0 Å². The molecule has 0 saturated heterocycles. The third kappa shape index (κ3) is 2.14. The molecule has 5 heteroatoms. The molecule has 0 amide bonds. The van der Waals surface area contributed by atoms with Crippen LogP contribution in [0.1, 0.15) is 19.3 Å². The summed E-state index contributed by atoms with van der Waals surface area (Å²) in [5, 5.41) is 3.22. The van der Waals surface area contributed by atoms with Gasteiger partial charge in [0.1, 0.15) is 0 Å². The van der Waals surface area contributed by atoms with Crippen LogP contribution < -0.4 is 14.8 Å². The minimum absolute atomic E-state index is 0.0872. The molecule has 1 heterocycles. The van der Waals surface area contributed by atoms with Gasteiger partial charge in [0, 0.05) is 18.3 Å². The Balaban J connectivity index is 1.67. The van der Waals surface area contributed by atoms with E-state index in [-0.39, 0.29) is 11.5 Å². The van der Waals surface area contributed by atoms with Gasteiger partial charge in [-0.3, -0.25) is 0 Å². The summed E-state index contributed by atoms with van der Waals surface area (Å²) in [6, 6.07) is 4.77. The first-order valence-corrected chi connectivity index (χ1v) is 5.76. The van der Waals surface area contributed by atoms with Crippen molar-refractivity contribution < 1.29 is 18.3 Å². The molecule has 1 aliphatic carbocycles. The Hall–Kier alpha value is -1.52. The van der Waals surface area contributed by atoms with E-state index in [1.165, 1.54) is 25.3 Å². The molecule has 0 radical (unpaired) electrons. The number of ether oxygens (including phenoxy) is 2. The Kier molecular flexibility index (Phi) is 2.34. The summed E-state index contributed by atoms with van der Waals surface area (Å²) in [6.07, 6.45) is 0.250. The van der Waals surface area contributed by atoms with Gasteiger partial charge in [0.15, 0.2) is 11.5 Å². The molecule has 17 heavy (non-hydrogen) atoms. The van der Waals surface area contributed by atoms with Crippen LogP contribution in [-0.4, -0.2) is 12.8 Å². The van der Waals surface area contributed by atoms with Gasteiger partial charge in [-0.25, -0.2) is 0 Å². The summed E-state index contributed by atoms with van der Waals surface area (Å²) in [7, 11) is 0. The lowest BCUT2D eigenvalue weighted by molar-refractivity contribution is -0.286. The molecule has 0 aromatic heterocycles. The Labute approximate surface area is 97.7 Å². The van der Waals surface area contributed by atoms with Crippen LogP contribution in [0.25, 0.3) is 0 Å². The van der Waals surface area contributed by atoms with Gasteiger partial charge in [-0.15, -0.1) is 8.78 Å². The Morgan fingerprint density at radius 2 is 2.00 bits per heavy atom. The van der Waals surface area contributed by atoms with Crippen LogP contribution in [0, 0.1) is 5.92 Å². The second-order valence-electron chi connectivity index (χ2n) is 4.51. The number of anilines is 1. The maximum atomic E-state index is 12.8. The third-order valence-corrected chi connectivity index (χ3v) is 3.22. The molecule has 0 unspecified atom stereocenters. The first kappa shape index (κ1) is 10.6. The second kappa shape index (κ2) is 3.75. The summed E-state index contributed by atoms with van der Waals surface area (Å²) in [4.78, 5) is 0. The van der Waals surface area contributed by atoms with Crippen LogP contribution in [0.15, 0.2) is 18.2 Å². The quantitative estimate of drug-likeness (QED) is 0.881. The van der Waals surface area contributed by atoms with Crippen molar-refractivity contribution in [1.82, 2.24) is 0 Å². The van der Waals surface area contributed by atoms with Crippen molar-refractivity contribution in [3.63, 3.8) is 0 Å². The zero-order valence-electron chi connectivity index (χ0n) is 9.21. The Bertz CT molecular complexity index is 433. The van der Waals surface area contributed by atoms with E-state index in [9.17, 15) is 8.78 Å². The third-order valence-electron chi connectivity index (χ3n) is 3.22. The highest BCUT2D eigenvalue weighted by atomic mass is 19.3. The molecule has 0 bridgehead atoms. The van der Waals surface area contributed by atoms with Crippen LogP contribution in [0.5, 0.6) is 11.5 Å². The molecule has 1 aliphatic heterocycles. The number of rotatable bonds is 3. The minimum atomic E-state index is -3.53. The zero-order valence-corrected chi connectivity index (χ0v) is 9.21. The van der Waals surface area contributed by atoms with Crippen LogP contribution in [0.2, 0.25) is 0 Å². The van der Waals surface area contributed by atoms with Crippen molar-refractivity contribution in [3.8, 4) is 11.5 Å². The molecule has 1 aromatic carbocycles. The van der Waals surface area contributed by atoms with Gasteiger partial charge in [0.25, 0.3) is 0 Å². The molecule has 0 spiro atoms. The fraction of sp³-hybridized carbons (Fsp3) is 0.500. The smallest absolute Gasteiger partial charge is 0.395 e. The number of hydrogen-bond acceptors (Lipinski definition) is 3. The van der Waals surface area contributed by atoms with Crippen molar-refractivity contribution in [1.29, 1.82) is 0 Å². The maximum absolute atomic E-state index is 12.8. The van der Waals surface area contributed by atoms with Gasteiger partial charge in [-0.1, -0.05) is 6.42 Å². The predicted molar refractivity (Wildman–Crippen MR) is 58.5 cm³/mol. The summed E-state index contributed by atoms with van der Waals surface area (Å²) >= 11 is 0. The fourth-order valence-electron chi connectivity index (χ4n) is 2.02. The monoisotopic (exact) mass is 241 g/mol. The van der Waals surface area contributed by atoms with E-state index in [0.717, 1.165) is 12.2 Å². The highest BCUT2D eigenvalue weighted by Crippen LogP contribution is 2.42. The minimum Gasteiger partial charge on any atom is -0.395 e. The topological polar surface area (TPSA) is 30.5 Å². The Morgan fingerprint density at radius 1 is 1.24 bits per heavy atom. The van der Waals surface area contributed by atoms with Crippen molar-refractivity contribution in [2.24, 2.45) is 5.92 Å². The number of nitrogens with one attached hydrogen (secondary N) is 1. The van der Waals surface area contributed by atoms with Gasteiger partial charge in [-0.2, -0.15) is 0 Å². The molecule has 3 nitrogen and oxygen atoms in total. The standard InChI is InChI=1S/C12H13F2NO2/c13-12(14)16-10-5-4-9(6-11(10)17-12)15-7-8-2-1-3-8/h4-6,8,15H,1-3,7H2. The number of halogens is 2. The molecule has 0 atom stereocenters. The van der Waals surface area contributed by atoms with E-state index in [4.69, 9.17) is 0 Å². The molecule has 1 fully saturated rings. The van der Waals surface area contributed by atoms with Crippen LogP contribution in [-0.2, 0) is 0 Å². The van der Waals surface area contributed by atoms with E-state index in [1.54, 1.807) is 12.1 Å². The van der Waals surface area contributed by atoms with Gasteiger partial charge in [0.2, 0.25) is 0 Å². The number of alkyl halides is 2. The van der Waals surface area contributed by atoms with E-state index in [0.29, 0.717) is 5.92 Å². The lowest BCUT2D eigenvalue weighted by Gasteiger charge is -2.25. The lowest BCUT2D eigenvalue weighted by Crippen LogP contribution is -2.25. The molecular weight excluding hydrogens is 228 g/mol. The highest BCUT2D eigenvalue weighted by Gasteiger charge is 2.43. The highest BCUT2D eigenvalue weighted by molar-refractivity contribution is 5.55. The molecule has 1 aromatic rings. The van der Waals surface area contributed by atoms with Gasteiger partial charge < -0.3 is 14.8 Å². The summed E-state index contributed by atoms with van der Waals surface area (Å²) in [5.41, 5.74) is 0.789. The SMILES string of the molecule is FC1(F)Oc2ccc(NCC3CCC3)cc2O1. The predicted octanol–water partition coefficient (Wildman–Crippen LogP) is 3.22. The first-order valence-electron chi connectivity index (χ1n) is 5.76. The van der Waals surface area contributed by atoms with E-state index < -0.39 is 6.29 Å². The summed E-state index contributed by atoms with van der Waals surface area (Å²) in [5.74, 6) is 0.889. The first-order chi connectivity index (χ1) is 8.12. The molecule has 2 aliphatic rings. The van der Waals surface area contributed by atoms with Crippen molar-refractivity contribution >= 4 is 5.69 Å². The molecule has 92 valence electrons. The van der Waals surface area contributed by atoms with Crippen LogP contribution >= 0.6 is 0 Å². The van der Waals surface area contributed by atoms with Crippen molar-refractivity contribution in [2.45, 2.75) is 25.6 Å². The number of fused-ring (bicyclic) bond motifs is 1. The lowest BCUT2D eigenvalue weighted by atomic mass is 9.85. The van der Waals surface area contributed by atoms with E-state index in [1.807, 2.05) is 0 Å². The maximum Gasteiger partial charge on any atom is 0.586 e. The normalized spacial score (nSPS) is 21.1. The molecule has 1 N–H and O–H groups in total. The molecular formula is C12H13F2NO2. The summed E-state index contributed by atoms with van der Waals surface area (Å²) < 4.78 is 34.3. The average Bonchev–Trinajstić information content (AvgIpc) is 2.48. The zero-order chi connectivity index (χ0) is 11.9. The van der Waals surface area contributed by atoms with Gasteiger partial charge >= 0.3 is 6.29 Å². The average molecular weight is 241 g/mol. The van der Waals surface area contributed by atoms with Crippen LogP contribution in [0.3, 0.4) is 0 Å².